The Labute approximate surface area is 161 Å². The second-order valence-electron chi connectivity index (χ2n) is 8.09. The van der Waals surface area contributed by atoms with Gasteiger partial charge in [-0.2, -0.15) is 0 Å². The summed E-state index contributed by atoms with van der Waals surface area (Å²) in [7, 11) is 0. The molecule has 1 aromatic carbocycles. The largest absolute Gasteiger partial charge is 0.355 e. The van der Waals surface area contributed by atoms with Gasteiger partial charge in [0.05, 0.1) is 0 Å². The van der Waals surface area contributed by atoms with Crippen LogP contribution in [0.4, 0.5) is 0 Å². The fourth-order valence-electron chi connectivity index (χ4n) is 4.71. The molecule has 1 aliphatic heterocycles. The molecule has 1 saturated carbocycles. The van der Waals surface area contributed by atoms with Crippen molar-refractivity contribution in [2.45, 2.75) is 76.7 Å². The molecule has 0 unspecified atom stereocenters. The quantitative estimate of drug-likeness (QED) is 0.687. The van der Waals surface area contributed by atoms with E-state index < -0.39 is 0 Å². The molecule has 2 fully saturated rings. The van der Waals surface area contributed by atoms with Gasteiger partial charge in [-0.1, -0.05) is 55.6 Å². The molecule has 27 heavy (non-hydrogen) atoms. The third-order valence-electron chi connectivity index (χ3n) is 6.36. The molecule has 1 aromatic heterocycles. The van der Waals surface area contributed by atoms with E-state index >= 15 is 0 Å². The molecule has 4 heteroatoms. The lowest BCUT2D eigenvalue weighted by molar-refractivity contribution is 0.0597. The van der Waals surface area contributed by atoms with Crippen molar-refractivity contribution in [3.05, 3.63) is 41.6 Å². The average Bonchev–Trinajstić information content (AvgIpc) is 3.24. The number of rotatable bonds is 4. The molecule has 4 nitrogen and oxygen atoms in total. The summed E-state index contributed by atoms with van der Waals surface area (Å²) in [6, 6.07) is 10.8. The molecule has 1 amide bonds. The molecule has 1 atom stereocenters. The molecule has 0 N–H and O–H groups in total. The molecule has 0 radical (unpaired) electrons. The van der Waals surface area contributed by atoms with E-state index in [-0.39, 0.29) is 5.91 Å². The van der Waals surface area contributed by atoms with Gasteiger partial charge >= 0.3 is 0 Å². The van der Waals surface area contributed by atoms with Crippen molar-refractivity contribution in [3.63, 3.8) is 0 Å². The summed E-state index contributed by atoms with van der Waals surface area (Å²) in [5, 5.41) is 4.08. The highest BCUT2D eigenvalue weighted by Gasteiger charge is 2.28. The summed E-state index contributed by atoms with van der Waals surface area (Å²) in [5.41, 5.74) is 2.85. The van der Waals surface area contributed by atoms with E-state index in [1.54, 1.807) is 6.07 Å². The highest BCUT2D eigenvalue weighted by Crippen LogP contribution is 2.33. The highest BCUT2D eigenvalue weighted by molar-refractivity contribution is 5.93. The van der Waals surface area contributed by atoms with Crippen molar-refractivity contribution in [1.29, 1.82) is 0 Å². The van der Waals surface area contributed by atoms with Gasteiger partial charge in [-0.3, -0.25) is 4.79 Å². The van der Waals surface area contributed by atoms with Crippen molar-refractivity contribution in [3.8, 4) is 11.3 Å². The van der Waals surface area contributed by atoms with Crippen LogP contribution in [0.3, 0.4) is 0 Å². The van der Waals surface area contributed by atoms with Gasteiger partial charge in [-0.25, -0.2) is 0 Å². The van der Waals surface area contributed by atoms with Gasteiger partial charge in [0.2, 0.25) is 0 Å². The number of carbonyl (C=O) groups is 1. The molecule has 4 rings (SSSR count). The van der Waals surface area contributed by atoms with Gasteiger partial charge in [0, 0.05) is 24.2 Å². The zero-order valence-corrected chi connectivity index (χ0v) is 16.3. The predicted molar refractivity (Wildman–Crippen MR) is 107 cm³/mol. The van der Waals surface area contributed by atoms with Crippen LogP contribution in [0.2, 0.25) is 0 Å². The van der Waals surface area contributed by atoms with Crippen molar-refractivity contribution < 1.29 is 9.32 Å². The van der Waals surface area contributed by atoms with Crippen LogP contribution in [0.25, 0.3) is 11.3 Å². The van der Waals surface area contributed by atoms with E-state index in [1.807, 2.05) is 4.90 Å². The fraction of sp³-hybridized carbons (Fsp3) is 0.565. The van der Waals surface area contributed by atoms with Gasteiger partial charge in [0.1, 0.15) is 0 Å². The van der Waals surface area contributed by atoms with Crippen molar-refractivity contribution in [2.24, 2.45) is 0 Å². The number of likely N-dealkylation sites (tertiary alicyclic amines) is 1. The van der Waals surface area contributed by atoms with Gasteiger partial charge < -0.3 is 9.42 Å². The number of aromatic nitrogens is 1. The summed E-state index contributed by atoms with van der Waals surface area (Å²) < 4.78 is 5.52. The smallest absolute Gasteiger partial charge is 0.276 e. The summed E-state index contributed by atoms with van der Waals surface area (Å²) >= 11 is 0. The normalized spacial score (nSPS) is 21.4. The lowest BCUT2D eigenvalue weighted by Gasteiger charge is -2.34. The third kappa shape index (κ3) is 3.95. The minimum Gasteiger partial charge on any atom is -0.355 e. The first-order valence-electron chi connectivity index (χ1n) is 10.6. The standard InChI is InChI=1S/C23H30N2O2/c1-2-20-10-6-7-15-25(20)23(26)21-16-22(27-24-21)19-13-11-18(12-14-19)17-8-4-3-5-9-17/h11-14,16-17,20H,2-10,15H2,1H3/t20-/m1/s1. The van der Waals surface area contributed by atoms with Crippen molar-refractivity contribution in [2.75, 3.05) is 6.54 Å². The number of benzene rings is 1. The number of hydrogen-bond donors (Lipinski definition) is 0. The minimum absolute atomic E-state index is 0.00961. The van der Waals surface area contributed by atoms with E-state index in [0.717, 1.165) is 31.4 Å². The van der Waals surface area contributed by atoms with E-state index in [4.69, 9.17) is 4.52 Å². The van der Waals surface area contributed by atoms with Crippen LogP contribution in [0.5, 0.6) is 0 Å². The predicted octanol–water partition coefficient (Wildman–Crippen LogP) is 5.79. The van der Waals surface area contributed by atoms with E-state index in [0.29, 0.717) is 23.4 Å². The maximum Gasteiger partial charge on any atom is 0.276 e. The van der Waals surface area contributed by atoms with Gasteiger partial charge in [-0.15, -0.1) is 0 Å². The topological polar surface area (TPSA) is 46.3 Å². The second kappa shape index (κ2) is 8.28. The van der Waals surface area contributed by atoms with E-state index in [2.05, 4.69) is 36.3 Å². The maximum absolute atomic E-state index is 12.9. The zero-order chi connectivity index (χ0) is 18.6. The van der Waals surface area contributed by atoms with Crippen LogP contribution >= 0.6 is 0 Å². The molecular formula is C23H30N2O2. The Morgan fingerprint density at radius 3 is 2.56 bits per heavy atom. The SMILES string of the molecule is CC[C@@H]1CCCCN1C(=O)c1cc(-c2ccc(C3CCCCC3)cc2)on1. The van der Waals surface area contributed by atoms with Gasteiger partial charge in [0.25, 0.3) is 5.91 Å². The third-order valence-corrected chi connectivity index (χ3v) is 6.36. The number of hydrogen-bond acceptors (Lipinski definition) is 3. The first-order chi connectivity index (χ1) is 13.3. The number of piperidine rings is 1. The molecular weight excluding hydrogens is 336 g/mol. The molecule has 1 saturated heterocycles. The maximum atomic E-state index is 12.9. The average molecular weight is 367 g/mol. The Hall–Kier alpha value is -2.10. The summed E-state index contributed by atoms with van der Waals surface area (Å²) in [6.07, 6.45) is 11.0. The Bertz CT molecular complexity index is 759. The van der Waals surface area contributed by atoms with Crippen LogP contribution in [-0.2, 0) is 0 Å². The second-order valence-corrected chi connectivity index (χ2v) is 8.09. The van der Waals surface area contributed by atoms with Gasteiger partial charge in [-0.05, 0) is 50.0 Å². The van der Waals surface area contributed by atoms with Crippen molar-refractivity contribution in [1.82, 2.24) is 10.1 Å². The molecule has 0 spiro atoms. The molecule has 2 aliphatic rings. The first-order valence-corrected chi connectivity index (χ1v) is 10.6. The molecule has 2 heterocycles. The monoisotopic (exact) mass is 366 g/mol. The van der Waals surface area contributed by atoms with Crippen LogP contribution in [0.1, 0.15) is 86.7 Å². The Balaban J connectivity index is 1.47. The van der Waals surface area contributed by atoms with Gasteiger partial charge in [0.15, 0.2) is 11.5 Å². The van der Waals surface area contributed by atoms with Crippen LogP contribution in [0, 0.1) is 0 Å². The fourth-order valence-corrected chi connectivity index (χ4v) is 4.71. The Kier molecular flexibility index (Phi) is 5.61. The number of amides is 1. The highest BCUT2D eigenvalue weighted by atomic mass is 16.5. The minimum atomic E-state index is 0.00961. The van der Waals surface area contributed by atoms with E-state index in [9.17, 15) is 4.79 Å². The first kappa shape index (κ1) is 18.3. The van der Waals surface area contributed by atoms with Crippen LogP contribution in [0.15, 0.2) is 34.9 Å². The van der Waals surface area contributed by atoms with Crippen LogP contribution in [-0.4, -0.2) is 28.6 Å². The lowest BCUT2D eigenvalue weighted by Crippen LogP contribution is -2.43. The summed E-state index contributed by atoms with van der Waals surface area (Å²) in [5.74, 6) is 1.39. The summed E-state index contributed by atoms with van der Waals surface area (Å²) in [6.45, 7) is 2.98. The lowest BCUT2D eigenvalue weighted by atomic mass is 9.84. The number of carbonyl (C=O) groups excluding carboxylic acids is 1. The Morgan fingerprint density at radius 2 is 1.81 bits per heavy atom. The molecule has 1 aliphatic carbocycles. The molecule has 0 bridgehead atoms. The van der Waals surface area contributed by atoms with E-state index in [1.165, 1.54) is 44.1 Å². The Morgan fingerprint density at radius 1 is 1.07 bits per heavy atom. The number of nitrogens with zero attached hydrogens (tertiary/aromatic N) is 2. The molecule has 2 aromatic rings. The summed E-state index contributed by atoms with van der Waals surface area (Å²) in [4.78, 5) is 14.9. The van der Waals surface area contributed by atoms with Crippen molar-refractivity contribution >= 4 is 5.91 Å². The zero-order valence-electron chi connectivity index (χ0n) is 16.3. The van der Waals surface area contributed by atoms with Crippen LogP contribution < -0.4 is 0 Å². The molecule has 144 valence electrons.